The second-order valence-corrected chi connectivity index (χ2v) is 2.53. The lowest BCUT2D eigenvalue weighted by Gasteiger charge is -2.06. The number of halogens is 1. The Morgan fingerprint density at radius 3 is 2.62 bits per heavy atom. The van der Waals surface area contributed by atoms with Crippen LogP contribution in [0.15, 0.2) is 18.2 Å². The summed E-state index contributed by atoms with van der Waals surface area (Å²) in [5, 5.41) is 17.3. The topological polar surface area (TPSA) is 83.6 Å². The van der Waals surface area contributed by atoms with Gasteiger partial charge in [0, 0.05) is 0 Å². The largest absolute Gasteiger partial charge is 0.505 e. The Morgan fingerprint density at radius 2 is 2.15 bits per heavy atom. The molecule has 0 aromatic heterocycles. The Hall–Kier alpha value is -1.62. The zero-order chi connectivity index (χ0) is 10.0. The first-order valence-electron chi connectivity index (χ1n) is 3.49. The van der Waals surface area contributed by atoms with Gasteiger partial charge in [-0.25, -0.2) is 4.39 Å². The number of nitrogens with two attached hydrogens (primary N) is 1. The van der Waals surface area contributed by atoms with Crippen LogP contribution in [0.2, 0.25) is 0 Å². The Kier molecular flexibility index (Phi) is 2.48. The number of phenols is 1. The smallest absolute Gasteiger partial charge is 0.325 e. The predicted octanol–water partition coefficient (Wildman–Crippen LogP) is 0.616. The van der Waals surface area contributed by atoms with Gasteiger partial charge in [0.1, 0.15) is 6.04 Å². The van der Waals surface area contributed by atoms with Crippen LogP contribution in [0.5, 0.6) is 5.75 Å². The van der Waals surface area contributed by atoms with Crippen molar-refractivity contribution in [2.75, 3.05) is 0 Å². The van der Waals surface area contributed by atoms with Gasteiger partial charge in [-0.1, -0.05) is 6.07 Å². The molecule has 70 valence electrons. The van der Waals surface area contributed by atoms with Crippen LogP contribution >= 0.6 is 0 Å². The minimum Gasteiger partial charge on any atom is -0.505 e. The number of benzene rings is 1. The molecule has 0 bridgehead atoms. The summed E-state index contributed by atoms with van der Waals surface area (Å²) in [7, 11) is 0. The SMILES string of the molecule is N[C@H](C(=O)O)c1ccc(O)c(F)c1. The fraction of sp³-hybridized carbons (Fsp3) is 0.125. The molecule has 0 amide bonds. The second kappa shape index (κ2) is 3.40. The van der Waals surface area contributed by atoms with E-state index >= 15 is 0 Å². The van der Waals surface area contributed by atoms with Gasteiger partial charge in [-0.15, -0.1) is 0 Å². The highest BCUT2D eigenvalue weighted by molar-refractivity contribution is 5.75. The molecule has 0 radical (unpaired) electrons. The molecule has 1 atom stereocenters. The molecule has 1 aromatic carbocycles. The van der Waals surface area contributed by atoms with Gasteiger partial charge >= 0.3 is 5.97 Å². The van der Waals surface area contributed by atoms with Crippen LogP contribution in [-0.4, -0.2) is 16.2 Å². The van der Waals surface area contributed by atoms with Crippen LogP contribution in [0.4, 0.5) is 4.39 Å². The van der Waals surface area contributed by atoms with Crippen LogP contribution < -0.4 is 5.73 Å². The van der Waals surface area contributed by atoms with Gasteiger partial charge in [-0.2, -0.15) is 0 Å². The van der Waals surface area contributed by atoms with Crippen LogP contribution in [-0.2, 0) is 4.79 Å². The van der Waals surface area contributed by atoms with Crippen molar-refractivity contribution in [1.82, 2.24) is 0 Å². The van der Waals surface area contributed by atoms with E-state index in [2.05, 4.69) is 0 Å². The standard InChI is InChI=1S/C8H8FNO3/c9-5-3-4(1-2-6(5)11)7(10)8(12)13/h1-3,7,11H,10H2,(H,12,13)/t7-/m0/s1. The van der Waals surface area contributed by atoms with E-state index in [-0.39, 0.29) is 5.56 Å². The number of carboxylic acid groups (broad SMARTS) is 1. The van der Waals surface area contributed by atoms with Crippen molar-refractivity contribution < 1.29 is 19.4 Å². The van der Waals surface area contributed by atoms with Crippen molar-refractivity contribution in [3.63, 3.8) is 0 Å². The van der Waals surface area contributed by atoms with Crippen molar-refractivity contribution in [2.45, 2.75) is 6.04 Å². The average molecular weight is 185 g/mol. The van der Waals surface area contributed by atoms with E-state index in [9.17, 15) is 9.18 Å². The monoisotopic (exact) mass is 185 g/mol. The maximum atomic E-state index is 12.7. The number of carboxylic acids is 1. The fourth-order valence-corrected chi connectivity index (χ4v) is 0.859. The van der Waals surface area contributed by atoms with Crippen molar-refractivity contribution in [3.05, 3.63) is 29.6 Å². The predicted molar refractivity (Wildman–Crippen MR) is 42.6 cm³/mol. The van der Waals surface area contributed by atoms with Gasteiger partial charge in [0.15, 0.2) is 11.6 Å². The summed E-state index contributed by atoms with van der Waals surface area (Å²) in [5.41, 5.74) is 5.32. The van der Waals surface area contributed by atoms with E-state index in [1.54, 1.807) is 0 Å². The Bertz CT molecular complexity index is 340. The van der Waals surface area contributed by atoms with Crippen LogP contribution in [0.1, 0.15) is 11.6 Å². The van der Waals surface area contributed by atoms with Gasteiger partial charge in [0.2, 0.25) is 0 Å². The normalized spacial score (nSPS) is 12.5. The van der Waals surface area contributed by atoms with E-state index in [0.29, 0.717) is 0 Å². The third-order valence-corrected chi connectivity index (χ3v) is 1.60. The lowest BCUT2D eigenvalue weighted by atomic mass is 10.1. The summed E-state index contributed by atoms with van der Waals surface area (Å²) in [6.45, 7) is 0. The van der Waals surface area contributed by atoms with Gasteiger partial charge < -0.3 is 15.9 Å². The Morgan fingerprint density at radius 1 is 1.54 bits per heavy atom. The quantitative estimate of drug-likeness (QED) is 0.630. The number of carbonyl (C=O) groups is 1. The molecule has 0 aliphatic heterocycles. The van der Waals surface area contributed by atoms with Crippen LogP contribution in [0, 0.1) is 5.82 Å². The van der Waals surface area contributed by atoms with Gasteiger partial charge in [0.25, 0.3) is 0 Å². The maximum absolute atomic E-state index is 12.7. The lowest BCUT2D eigenvalue weighted by molar-refractivity contribution is -0.138. The molecule has 0 aliphatic carbocycles. The second-order valence-electron chi connectivity index (χ2n) is 2.53. The van der Waals surface area contributed by atoms with E-state index < -0.39 is 23.6 Å². The summed E-state index contributed by atoms with van der Waals surface area (Å²) in [4.78, 5) is 10.4. The molecule has 5 heteroatoms. The molecule has 0 unspecified atom stereocenters. The van der Waals surface area contributed by atoms with Crippen molar-refractivity contribution in [3.8, 4) is 5.75 Å². The highest BCUT2D eigenvalue weighted by atomic mass is 19.1. The molecule has 1 aromatic rings. The molecule has 0 aliphatic rings. The molecule has 0 spiro atoms. The average Bonchev–Trinajstić information content (AvgIpc) is 2.08. The van der Waals surface area contributed by atoms with Gasteiger partial charge in [0.05, 0.1) is 0 Å². The highest BCUT2D eigenvalue weighted by Crippen LogP contribution is 2.19. The zero-order valence-electron chi connectivity index (χ0n) is 6.57. The Balaban J connectivity index is 3.03. The molecular weight excluding hydrogens is 177 g/mol. The van der Waals surface area contributed by atoms with Crippen molar-refractivity contribution >= 4 is 5.97 Å². The molecule has 0 heterocycles. The molecule has 0 fully saturated rings. The summed E-state index contributed by atoms with van der Waals surface area (Å²) in [6.07, 6.45) is 0. The molecule has 0 saturated carbocycles. The fourth-order valence-electron chi connectivity index (χ4n) is 0.859. The van der Waals surface area contributed by atoms with Crippen molar-refractivity contribution in [1.29, 1.82) is 0 Å². The molecule has 13 heavy (non-hydrogen) atoms. The first kappa shape index (κ1) is 9.47. The lowest BCUT2D eigenvalue weighted by Crippen LogP contribution is -2.20. The van der Waals surface area contributed by atoms with E-state index in [4.69, 9.17) is 15.9 Å². The van der Waals surface area contributed by atoms with Gasteiger partial charge in [-0.05, 0) is 17.7 Å². The first-order valence-corrected chi connectivity index (χ1v) is 3.49. The van der Waals surface area contributed by atoms with Gasteiger partial charge in [-0.3, -0.25) is 4.79 Å². The number of hydrogen-bond donors (Lipinski definition) is 3. The first-order chi connectivity index (χ1) is 6.02. The van der Waals surface area contributed by atoms with Crippen molar-refractivity contribution in [2.24, 2.45) is 5.73 Å². The summed E-state index contributed by atoms with van der Waals surface area (Å²) in [6, 6.07) is 1.95. The number of rotatable bonds is 2. The third kappa shape index (κ3) is 1.94. The minimum absolute atomic E-state index is 0.114. The number of aromatic hydroxyl groups is 1. The molecule has 1 rings (SSSR count). The maximum Gasteiger partial charge on any atom is 0.325 e. The Labute approximate surface area is 73.4 Å². The molecule has 0 saturated heterocycles. The molecule has 4 N–H and O–H groups in total. The minimum atomic E-state index is -1.27. The summed E-state index contributed by atoms with van der Waals surface area (Å²) >= 11 is 0. The van der Waals surface area contributed by atoms with Crippen LogP contribution in [0.3, 0.4) is 0 Å². The number of phenolic OH excluding ortho intramolecular Hbond substituents is 1. The number of aliphatic carboxylic acids is 1. The summed E-state index contributed by atoms with van der Waals surface area (Å²) < 4.78 is 12.7. The number of hydrogen-bond acceptors (Lipinski definition) is 3. The van der Waals surface area contributed by atoms with E-state index in [0.717, 1.165) is 12.1 Å². The van der Waals surface area contributed by atoms with E-state index in [1.807, 2.05) is 0 Å². The molecular formula is C8H8FNO3. The third-order valence-electron chi connectivity index (χ3n) is 1.60. The van der Waals surface area contributed by atoms with E-state index in [1.165, 1.54) is 6.07 Å². The molecule has 4 nitrogen and oxygen atoms in total. The highest BCUT2D eigenvalue weighted by Gasteiger charge is 2.15. The summed E-state index contributed by atoms with van der Waals surface area (Å²) in [5.74, 6) is -2.65. The van der Waals surface area contributed by atoms with Crippen LogP contribution in [0.25, 0.3) is 0 Å². The zero-order valence-corrected chi connectivity index (χ0v) is 6.57.